The summed E-state index contributed by atoms with van der Waals surface area (Å²) in [5.74, 6) is 1.79. The van der Waals surface area contributed by atoms with E-state index in [1.54, 1.807) is 6.07 Å². The van der Waals surface area contributed by atoms with Crippen LogP contribution < -0.4 is 0 Å². The molecule has 3 rings (SSSR count). The minimum absolute atomic E-state index is 0.631. The van der Waals surface area contributed by atoms with Crippen LogP contribution in [0.5, 0.6) is 0 Å². The van der Waals surface area contributed by atoms with E-state index >= 15 is 0 Å². The molecule has 0 unspecified atom stereocenters. The summed E-state index contributed by atoms with van der Waals surface area (Å²) < 4.78 is 4.04. The Balaban J connectivity index is 2.09. The molecule has 2 heterocycles. The van der Waals surface area contributed by atoms with Crippen LogP contribution in [0, 0.1) is 6.92 Å². The molecule has 6 heteroatoms. The number of aryl methyl sites for hydroxylation is 1. The minimum atomic E-state index is 0.631. The predicted octanol–water partition coefficient (Wildman–Crippen LogP) is 3.43. The number of aromatic nitrogens is 4. The number of nitrogens with zero attached hydrogens (tertiary/aromatic N) is 4. The molecule has 0 aliphatic rings. The summed E-state index contributed by atoms with van der Waals surface area (Å²) in [7, 11) is 1.95. The molecule has 0 fully saturated rings. The number of rotatable bonds is 2. The molecular formula is C13H12Cl2N4. The summed E-state index contributed by atoms with van der Waals surface area (Å²) >= 11 is 12.2. The highest BCUT2D eigenvalue weighted by atomic mass is 35.5. The molecule has 0 atom stereocenters. The van der Waals surface area contributed by atoms with Gasteiger partial charge in [-0.05, 0) is 25.1 Å². The summed E-state index contributed by atoms with van der Waals surface area (Å²) in [6.07, 6.45) is 1.98. The van der Waals surface area contributed by atoms with E-state index in [-0.39, 0.29) is 0 Å². The van der Waals surface area contributed by atoms with Crippen molar-refractivity contribution >= 4 is 34.1 Å². The Bertz CT molecular complexity index is 757. The van der Waals surface area contributed by atoms with Crippen molar-refractivity contribution in [2.24, 2.45) is 7.05 Å². The molecule has 2 aromatic heterocycles. The lowest BCUT2D eigenvalue weighted by Crippen LogP contribution is -2.05. The van der Waals surface area contributed by atoms with Crippen molar-refractivity contribution < 1.29 is 0 Å². The molecule has 0 aliphatic carbocycles. The first-order valence-corrected chi connectivity index (χ1v) is 6.60. The van der Waals surface area contributed by atoms with Crippen molar-refractivity contribution in [2.45, 2.75) is 13.5 Å². The highest BCUT2D eigenvalue weighted by molar-refractivity contribution is 6.38. The van der Waals surface area contributed by atoms with Gasteiger partial charge in [0.2, 0.25) is 0 Å². The highest BCUT2D eigenvalue weighted by Crippen LogP contribution is 2.29. The van der Waals surface area contributed by atoms with E-state index in [2.05, 4.69) is 14.8 Å². The standard InChI is InChI=1S/C13H12Cl2N4/c1-8-16-17-13(18(8)2)7-19-4-3-10-11(15)5-9(14)6-12(10)19/h3-6H,7H2,1-2H3. The fraction of sp³-hybridized carbons (Fsp3) is 0.231. The topological polar surface area (TPSA) is 35.6 Å². The fourth-order valence-corrected chi connectivity index (χ4v) is 2.64. The van der Waals surface area contributed by atoms with Gasteiger partial charge in [-0.3, -0.25) is 0 Å². The molecule has 3 aromatic rings. The summed E-state index contributed by atoms with van der Waals surface area (Å²) in [5.41, 5.74) is 0.998. The maximum absolute atomic E-state index is 6.18. The lowest BCUT2D eigenvalue weighted by Gasteiger charge is -2.06. The molecular weight excluding hydrogens is 283 g/mol. The smallest absolute Gasteiger partial charge is 0.152 e. The Morgan fingerprint density at radius 3 is 2.68 bits per heavy atom. The fourth-order valence-electron chi connectivity index (χ4n) is 2.10. The highest BCUT2D eigenvalue weighted by Gasteiger charge is 2.10. The largest absolute Gasteiger partial charge is 0.340 e. The van der Waals surface area contributed by atoms with Gasteiger partial charge in [0.15, 0.2) is 5.82 Å². The van der Waals surface area contributed by atoms with Crippen LogP contribution in [0.3, 0.4) is 0 Å². The summed E-state index contributed by atoms with van der Waals surface area (Å²) in [5, 5.41) is 10.5. The summed E-state index contributed by atoms with van der Waals surface area (Å²) in [6, 6.07) is 5.64. The molecule has 0 saturated carbocycles. The normalized spacial score (nSPS) is 11.4. The molecule has 1 aromatic carbocycles. The lowest BCUT2D eigenvalue weighted by molar-refractivity contribution is 0.708. The number of halogens is 2. The van der Waals surface area contributed by atoms with E-state index in [4.69, 9.17) is 23.2 Å². The quantitative estimate of drug-likeness (QED) is 0.726. The Morgan fingerprint density at radius 1 is 1.21 bits per heavy atom. The van der Waals surface area contributed by atoms with Crippen LogP contribution in [0.15, 0.2) is 24.4 Å². The van der Waals surface area contributed by atoms with Gasteiger partial charge >= 0.3 is 0 Å². The van der Waals surface area contributed by atoms with Crippen LogP contribution in [0.2, 0.25) is 10.0 Å². The molecule has 0 N–H and O–H groups in total. The van der Waals surface area contributed by atoms with Crippen molar-refractivity contribution in [2.75, 3.05) is 0 Å². The molecule has 0 saturated heterocycles. The second kappa shape index (κ2) is 4.54. The van der Waals surface area contributed by atoms with Gasteiger partial charge < -0.3 is 9.13 Å². The first-order chi connectivity index (χ1) is 9.06. The van der Waals surface area contributed by atoms with Crippen molar-refractivity contribution in [1.29, 1.82) is 0 Å². The third kappa shape index (κ3) is 2.11. The van der Waals surface area contributed by atoms with E-state index < -0.39 is 0 Å². The van der Waals surface area contributed by atoms with Gasteiger partial charge in [0.25, 0.3) is 0 Å². The van der Waals surface area contributed by atoms with E-state index in [9.17, 15) is 0 Å². The van der Waals surface area contributed by atoms with Gasteiger partial charge in [0, 0.05) is 23.7 Å². The average molecular weight is 295 g/mol. The molecule has 4 nitrogen and oxygen atoms in total. The monoisotopic (exact) mass is 294 g/mol. The van der Waals surface area contributed by atoms with Crippen LogP contribution >= 0.6 is 23.2 Å². The third-order valence-electron chi connectivity index (χ3n) is 3.30. The summed E-state index contributed by atoms with van der Waals surface area (Å²) in [6.45, 7) is 2.56. The molecule has 19 heavy (non-hydrogen) atoms. The molecule has 0 amide bonds. The molecule has 0 aliphatic heterocycles. The zero-order valence-electron chi connectivity index (χ0n) is 10.6. The van der Waals surface area contributed by atoms with Crippen molar-refractivity contribution in [3.63, 3.8) is 0 Å². The number of benzene rings is 1. The first kappa shape index (κ1) is 12.5. The van der Waals surface area contributed by atoms with Gasteiger partial charge in [-0.15, -0.1) is 10.2 Å². The van der Waals surface area contributed by atoms with Crippen molar-refractivity contribution in [3.05, 3.63) is 46.1 Å². The number of fused-ring (bicyclic) bond motifs is 1. The maximum atomic E-state index is 6.18. The van der Waals surface area contributed by atoms with Crippen molar-refractivity contribution in [3.8, 4) is 0 Å². The lowest BCUT2D eigenvalue weighted by atomic mass is 10.2. The van der Waals surface area contributed by atoms with E-state index in [0.717, 1.165) is 22.6 Å². The maximum Gasteiger partial charge on any atom is 0.152 e. The van der Waals surface area contributed by atoms with Crippen LogP contribution in [0.1, 0.15) is 11.6 Å². The van der Waals surface area contributed by atoms with Gasteiger partial charge in [-0.25, -0.2) is 0 Å². The minimum Gasteiger partial charge on any atom is -0.340 e. The van der Waals surface area contributed by atoms with E-state index in [0.29, 0.717) is 16.6 Å². The van der Waals surface area contributed by atoms with E-state index in [1.165, 1.54) is 0 Å². The van der Waals surface area contributed by atoms with Gasteiger partial charge in [0.1, 0.15) is 5.82 Å². The molecule has 0 radical (unpaired) electrons. The average Bonchev–Trinajstić information content (AvgIpc) is 2.89. The van der Waals surface area contributed by atoms with Gasteiger partial charge in [-0.2, -0.15) is 0 Å². The zero-order valence-corrected chi connectivity index (χ0v) is 12.1. The molecule has 0 bridgehead atoms. The Morgan fingerprint density at radius 2 is 2.00 bits per heavy atom. The zero-order chi connectivity index (χ0) is 13.6. The number of hydrogen-bond donors (Lipinski definition) is 0. The molecule has 98 valence electrons. The van der Waals surface area contributed by atoms with Crippen LogP contribution in [0.25, 0.3) is 10.9 Å². The van der Waals surface area contributed by atoms with Gasteiger partial charge in [0.05, 0.1) is 17.1 Å². The first-order valence-electron chi connectivity index (χ1n) is 5.85. The second-order valence-corrected chi connectivity index (χ2v) is 5.33. The Kier molecular flexibility index (Phi) is 2.99. The Hall–Kier alpha value is -1.52. The van der Waals surface area contributed by atoms with Crippen molar-refractivity contribution in [1.82, 2.24) is 19.3 Å². The SMILES string of the molecule is Cc1nnc(Cn2ccc3c(Cl)cc(Cl)cc32)n1C. The van der Waals surface area contributed by atoms with Crippen LogP contribution in [-0.4, -0.2) is 19.3 Å². The summed E-state index contributed by atoms with van der Waals surface area (Å²) in [4.78, 5) is 0. The van der Waals surface area contributed by atoms with Crippen LogP contribution in [0.4, 0.5) is 0 Å². The Labute approximate surface area is 120 Å². The number of hydrogen-bond acceptors (Lipinski definition) is 2. The van der Waals surface area contributed by atoms with Gasteiger partial charge in [-0.1, -0.05) is 23.2 Å². The van der Waals surface area contributed by atoms with Crippen LogP contribution in [-0.2, 0) is 13.6 Å². The second-order valence-electron chi connectivity index (χ2n) is 4.49. The van der Waals surface area contributed by atoms with E-state index in [1.807, 2.05) is 36.9 Å². The predicted molar refractivity (Wildman–Crippen MR) is 76.8 cm³/mol. The molecule has 0 spiro atoms. The third-order valence-corrected chi connectivity index (χ3v) is 3.83.